The number of nitrogens with zero attached hydrogens (tertiary/aromatic N) is 1. The Hall–Kier alpha value is -1.30. The van der Waals surface area contributed by atoms with E-state index in [1.54, 1.807) is 27.8 Å². The van der Waals surface area contributed by atoms with Gasteiger partial charge in [-0.25, -0.2) is 4.79 Å². The van der Waals surface area contributed by atoms with E-state index in [9.17, 15) is 14.7 Å². The second kappa shape index (κ2) is 5.86. The number of carboxylic acids is 1. The van der Waals surface area contributed by atoms with Gasteiger partial charge in [-0.3, -0.25) is 4.79 Å². The summed E-state index contributed by atoms with van der Waals surface area (Å²) in [6.07, 6.45) is 0. The Labute approximate surface area is 102 Å². The minimum Gasteiger partial charge on any atom is -0.481 e. The minimum absolute atomic E-state index is 0.174. The fraction of sp³-hybridized carbons (Fsp3) is 0.818. The summed E-state index contributed by atoms with van der Waals surface area (Å²) in [6, 6.07) is -0.864. The smallest absolute Gasteiger partial charge is 0.317 e. The molecule has 2 amide bonds. The molecule has 0 heterocycles. The van der Waals surface area contributed by atoms with Crippen LogP contribution in [-0.4, -0.2) is 52.3 Å². The second-order valence-corrected chi connectivity index (χ2v) is 5.03. The summed E-state index contributed by atoms with van der Waals surface area (Å²) >= 11 is 0. The van der Waals surface area contributed by atoms with Crippen LogP contribution in [0.5, 0.6) is 0 Å². The van der Waals surface area contributed by atoms with Crippen molar-refractivity contribution in [2.75, 3.05) is 13.6 Å². The summed E-state index contributed by atoms with van der Waals surface area (Å²) in [6.45, 7) is 6.53. The molecule has 0 aromatic heterocycles. The summed E-state index contributed by atoms with van der Waals surface area (Å²) in [5.41, 5.74) is -0.978. The Morgan fingerprint density at radius 1 is 1.35 bits per heavy atom. The Kier molecular flexibility index (Phi) is 5.41. The first-order valence-corrected chi connectivity index (χ1v) is 5.51. The van der Waals surface area contributed by atoms with Crippen molar-refractivity contribution in [3.63, 3.8) is 0 Å². The van der Waals surface area contributed by atoms with Gasteiger partial charge in [-0.1, -0.05) is 0 Å². The lowest BCUT2D eigenvalue weighted by Gasteiger charge is -2.28. The molecule has 2 atom stereocenters. The first-order valence-electron chi connectivity index (χ1n) is 5.51. The molecule has 6 heteroatoms. The fourth-order valence-electron chi connectivity index (χ4n) is 1.30. The lowest BCUT2D eigenvalue weighted by Crippen LogP contribution is -2.49. The number of aliphatic hydroxyl groups is 1. The number of hydrogen-bond donors (Lipinski definition) is 3. The van der Waals surface area contributed by atoms with E-state index in [-0.39, 0.29) is 6.54 Å². The highest BCUT2D eigenvalue weighted by Gasteiger charge is 2.24. The van der Waals surface area contributed by atoms with Gasteiger partial charge in [0.15, 0.2) is 0 Å². The van der Waals surface area contributed by atoms with Crippen LogP contribution in [0.25, 0.3) is 0 Å². The number of carbonyl (C=O) groups excluding carboxylic acids is 1. The second-order valence-electron chi connectivity index (χ2n) is 5.03. The third-order valence-electron chi connectivity index (χ3n) is 2.46. The van der Waals surface area contributed by atoms with Crippen LogP contribution in [0, 0.1) is 5.92 Å². The zero-order chi connectivity index (χ0) is 13.8. The third-order valence-corrected chi connectivity index (χ3v) is 2.46. The number of likely N-dealkylation sites (N-methyl/N-ethyl adjacent to an activating group) is 1. The Morgan fingerprint density at radius 2 is 1.82 bits per heavy atom. The van der Waals surface area contributed by atoms with Crippen molar-refractivity contribution in [3.05, 3.63) is 0 Å². The van der Waals surface area contributed by atoms with Crippen LogP contribution in [-0.2, 0) is 4.79 Å². The quantitative estimate of drug-likeness (QED) is 0.659. The van der Waals surface area contributed by atoms with Crippen LogP contribution in [0.15, 0.2) is 0 Å². The van der Waals surface area contributed by atoms with Gasteiger partial charge in [0.2, 0.25) is 0 Å². The molecule has 0 aliphatic carbocycles. The van der Waals surface area contributed by atoms with E-state index in [0.29, 0.717) is 0 Å². The number of nitrogens with one attached hydrogen (secondary N) is 1. The predicted octanol–water partition coefficient (Wildman–Crippen LogP) is 0.508. The van der Waals surface area contributed by atoms with Crippen molar-refractivity contribution < 1.29 is 19.8 Å². The molecule has 0 saturated heterocycles. The number of aliphatic carboxylic acids is 1. The number of urea groups is 1. The van der Waals surface area contributed by atoms with Crippen molar-refractivity contribution in [1.29, 1.82) is 0 Å². The molecule has 6 nitrogen and oxygen atoms in total. The van der Waals surface area contributed by atoms with Crippen LogP contribution >= 0.6 is 0 Å². The molecule has 0 aliphatic heterocycles. The van der Waals surface area contributed by atoms with Gasteiger partial charge >= 0.3 is 12.0 Å². The maximum atomic E-state index is 11.7. The molecule has 0 aromatic carbocycles. The number of amides is 2. The Balaban J connectivity index is 4.30. The van der Waals surface area contributed by atoms with Crippen LogP contribution in [0.3, 0.4) is 0 Å². The first-order chi connectivity index (χ1) is 7.54. The molecule has 0 saturated carbocycles. The summed E-state index contributed by atoms with van der Waals surface area (Å²) in [7, 11) is 1.55. The monoisotopic (exact) mass is 246 g/mol. The maximum Gasteiger partial charge on any atom is 0.317 e. The molecule has 3 N–H and O–H groups in total. The van der Waals surface area contributed by atoms with Crippen LogP contribution in [0.4, 0.5) is 4.79 Å². The van der Waals surface area contributed by atoms with Gasteiger partial charge in [0.05, 0.1) is 18.1 Å². The average Bonchev–Trinajstić information content (AvgIpc) is 2.13. The van der Waals surface area contributed by atoms with E-state index in [0.717, 1.165) is 0 Å². The topological polar surface area (TPSA) is 89.9 Å². The summed E-state index contributed by atoms with van der Waals surface area (Å²) in [5, 5.41) is 20.9. The fourth-order valence-corrected chi connectivity index (χ4v) is 1.30. The van der Waals surface area contributed by atoms with Crippen LogP contribution in [0.2, 0.25) is 0 Å². The molecule has 0 aromatic rings. The SMILES string of the molecule is CC(NC(=O)N(C)CC(C)(C)O)C(C)C(=O)O. The molecule has 0 rings (SSSR count). The van der Waals surface area contributed by atoms with Gasteiger partial charge in [-0.15, -0.1) is 0 Å². The van der Waals surface area contributed by atoms with E-state index in [1.807, 2.05) is 0 Å². The first kappa shape index (κ1) is 15.7. The predicted molar refractivity (Wildman–Crippen MR) is 63.7 cm³/mol. The maximum absolute atomic E-state index is 11.7. The number of carboxylic acid groups (broad SMARTS) is 1. The van der Waals surface area contributed by atoms with Crippen molar-refractivity contribution in [2.24, 2.45) is 5.92 Å². The van der Waals surface area contributed by atoms with E-state index < -0.39 is 29.6 Å². The highest BCUT2D eigenvalue weighted by molar-refractivity contribution is 5.76. The van der Waals surface area contributed by atoms with Gasteiger partial charge in [0.25, 0.3) is 0 Å². The van der Waals surface area contributed by atoms with Gasteiger partial charge in [0, 0.05) is 13.1 Å². The van der Waals surface area contributed by atoms with E-state index >= 15 is 0 Å². The highest BCUT2D eigenvalue weighted by atomic mass is 16.4. The molecule has 0 spiro atoms. The van der Waals surface area contributed by atoms with Gasteiger partial charge in [0.1, 0.15) is 0 Å². The summed E-state index contributed by atoms with van der Waals surface area (Å²) in [5.74, 6) is -1.61. The third kappa shape index (κ3) is 6.11. The van der Waals surface area contributed by atoms with Crippen molar-refractivity contribution in [2.45, 2.75) is 39.3 Å². The molecule has 0 aliphatic rings. The molecule has 2 unspecified atom stereocenters. The zero-order valence-corrected chi connectivity index (χ0v) is 11.0. The number of hydrogen-bond acceptors (Lipinski definition) is 3. The minimum atomic E-state index is -0.978. The molecule has 100 valence electrons. The van der Waals surface area contributed by atoms with Gasteiger partial charge in [-0.2, -0.15) is 0 Å². The van der Waals surface area contributed by atoms with Crippen LogP contribution in [0.1, 0.15) is 27.7 Å². The summed E-state index contributed by atoms with van der Waals surface area (Å²) in [4.78, 5) is 23.7. The average molecular weight is 246 g/mol. The van der Waals surface area contributed by atoms with E-state index in [1.165, 1.54) is 11.8 Å². The molecule has 0 fully saturated rings. The van der Waals surface area contributed by atoms with Gasteiger partial charge in [-0.05, 0) is 27.7 Å². The Morgan fingerprint density at radius 3 is 2.18 bits per heavy atom. The number of rotatable bonds is 5. The lowest BCUT2D eigenvalue weighted by atomic mass is 10.0. The molecular formula is C11H22N2O4. The molecular weight excluding hydrogens is 224 g/mol. The van der Waals surface area contributed by atoms with Crippen molar-refractivity contribution >= 4 is 12.0 Å². The molecule has 0 bridgehead atoms. The molecule has 0 radical (unpaired) electrons. The van der Waals surface area contributed by atoms with Crippen molar-refractivity contribution in [1.82, 2.24) is 10.2 Å². The standard InChI is InChI=1S/C11H22N2O4/c1-7(9(14)15)8(2)12-10(16)13(5)6-11(3,4)17/h7-8,17H,6H2,1-5H3,(H,12,16)(H,14,15). The largest absolute Gasteiger partial charge is 0.481 e. The van der Waals surface area contributed by atoms with E-state index in [2.05, 4.69) is 5.32 Å². The Bertz CT molecular complexity index is 286. The van der Waals surface area contributed by atoms with E-state index in [4.69, 9.17) is 5.11 Å². The van der Waals surface area contributed by atoms with Crippen molar-refractivity contribution in [3.8, 4) is 0 Å². The van der Waals surface area contributed by atoms with Gasteiger partial charge < -0.3 is 20.4 Å². The highest BCUT2D eigenvalue weighted by Crippen LogP contribution is 2.06. The lowest BCUT2D eigenvalue weighted by molar-refractivity contribution is -0.141. The number of carbonyl (C=O) groups is 2. The van der Waals surface area contributed by atoms with Crippen LogP contribution < -0.4 is 5.32 Å². The zero-order valence-electron chi connectivity index (χ0n) is 11.0. The normalized spacial score (nSPS) is 14.9. The molecule has 17 heavy (non-hydrogen) atoms. The summed E-state index contributed by atoms with van der Waals surface area (Å²) < 4.78 is 0.